The molecule has 1 atom stereocenters. The molecular formula is C47H31N3O. The minimum atomic E-state index is 0.126. The van der Waals surface area contributed by atoms with Gasteiger partial charge in [0.2, 0.25) is 0 Å². The van der Waals surface area contributed by atoms with Crippen molar-refractivity contribution in [1.29, 1.82) is 0 Å². The molecule has 2 heterocycles. The first kappa shape index (κ1) is 29.3. The van der Waals surface area contributed by atoms with Crippen LogP contribution in [-0.2, 0) is 0 Å². The molecule has 240 valence electrons. The van der Waals surface area contributed by atoms with E-state index in [0.717, 1.165) is 50.6 Å². The van der Waals surface area contributed by atoms with E-state index in [4.69, 9.17) is 19.4 Å². The molecule has 2 aromatic heterocycles. The molecule has 0 saturated carbocycles. The van der Waals surface area contributed by atoms with Crippen LogP contribution in [0.4, 0.5) is 0 Å². The van der Waals surface area contributed by atoms with E-state index >= 15 is 0 Å². The van der Waals surface area contributed by atoms with Gasteiger partial charge in [0.05, 0.1) is 5.57 Å². The second-order valence-corrected chi connectivity index (χ2v) is 13.1. The quantitative estimate of drug-likeness (QED) is 0.185. The van der Waals surface area contributed by atoms with E-state index in [2.05, 4.69) is 152 Å². The van der Waals surface area contributed by atoms with E-state index < -0.39 is 0 Å². The zero-order valence-corrected chi connectivity index (χ0v) is 27.7. The topological polar surface area (TPSA) is 51.8 Å². The highest BCUT2D eigenvalue weighted by Gasteiger charge is 2.32. The van der Waals surface area contributed by atoms with Gasteiger partial charge in [-0.25, -0.2) is 15.0 Å². The van der Waals surface area contributed by atoms with Gasteiger partial charge in [-0.15, -0.1) is 0 Å². The SMILES string of the molecule is C1=C(c2nc(-c3ccccc3)nc(-c3ccc(-c4ccccc4)c4ccccc34)n2)c2oc3ccc4ccccc4c3c2C(c2ccccc2)C1. The molecule has 1 unspecified atom stereocenters. The van der Waals surface area contributed by atoms with Crippen molar-refractivity contribution in [2.45, 2.75) is 12.3 Å². The maximum Gasteiger partial charge on any atom is 0.167 e. The molecule has 10 rings (SSSR count). The molecule has 1 aliphatic carbocycles. The number of nitrogens with zero attached hydrogens (tertiary/aromatic N) is 3. The molecule has 7 aromatic carbocycles. The second-order valence-electron chi connectivity index (χ2n) is 13.1. The van der Waals surface area contributed by atoms with Gasteiger partial charge < -0.3 is 4.42 Å². The normalized spacial score (nSPS) is 14.1. The lowest BCUT2D eigenvalue weighted by Gasteiger charge is -2.23. The fourth-order valence-corrected chi connectivity index (χ4v) is 7.75. The van der Waals surface area contributed by atoms with E-state index in [1.807, 2.05) is 18.2 Å². The molecular weight excluding hydrogens is 623 g/mol. The molecule has 4 heteroatoms. The Labute approximate surface area is 295 Å². The van der Waals surface area contributed by atoms with E-state index in [1.54, 1.807) is 0 Å². The Hall–Kier alpha value is -6.65. The number of allylic oxidation sites excluding steroid dienone is 1. The van der Waals surface area contributed by atoms with Crippen LogP contribution in [0.25, 0.3) is 72.0 Å². The highest BCUT2D eigenvalue weighted by atomic mass is 16.3. The second kappa shape index (κ2) is 12.0. The van der Waals surface area contributed by atoms with Gasteiger partial charge in [-0.2, -0.15) is 0 Å². The van der Waals surface area contributed by atoms with Gasteiger partial charge >= 0.3 is 0 Å². The number of aromatic nitrogens is 3. The minimum Gasteiger partial charge on any atom is -0.456 e. The molecule has 0 aliphatic heterocycles. The Kier molecular flexibility index (Phi) is 6.91. The van der Waals surface area contributed by atoms with Crippen LogP contribution < -0.4 is 0 Å². The number of hydrogen-bond acceptors (Lipinski definition) is 4. The first-order valence-electron chi connectivity index (χ1n) is 17.4. The van der Waals surface area contributed by atoms with Crippen LogP contribution in [0.2, 0.25) is 0 Å². The molecule has 0 saturated heterocycles. The average Bonchev–Trinajstić information content (AvgIpc) is 3.61. The maximum absolute atomic E-state index is 6.87. The van der Waals surface area contributed by atoms with Crippen LogP contribution in [0.5, 0.6) is 0 Å². The third-order valence-corrected chi connectivity index (χ3v) is 10.1. The van der Waals surface area contributed by atoms with Crippen LogP contribution in [-0.4, -0.2) is 15.0 Å². The lowest BCUT2D eigenvalue weighted by atomic mass is 9.80. The summed E-state index contributed by atoms with van der Waals surface area (Å²) in [6.45, 7) is 0. The largest absolute Gasteiger partial charge is 0.456 e. The molecule has 51 heavy (non-hydrogen) atoms. The number of hydrogen-bond donors (Lipinski definition) is 0. The number of fused-ring (bicyclic) bond motifs is 6. The molecule has 0 fully saturated rings. The Morgan fingerprint density at radius 1 is 0.471 bits per heavy atom. The van der Waals surface area contributed by atoms with Crippen molar-refractivity contribution in [3.63, 3.8) is 0 Å². The molecule has 0 amide bonds. The number of furan rings is 1. The standard InChI is InChI=1S/C47H31N3O/c1-4-14-30(15-5-1)34-25-27-39(38-23-13-12-22-37(34)38)46-48-45(33-19-8-3-9-20-33)49-47(50-46)40-28-26-36(31-16-6-2-7-17-31)43-42-35-21-11-10-18-32(35)24-29-41(42)51-44(40)43/h1-25,27-29,36H,26H2. The van der Waals surface area contributed by atoms with Crippen LogP contribution in [0.15, 0.2) is 174 Å². The van der Waals surface area contributed by atoms with Gasteiger partial charge in [-0.1, -0.05) is 158 Å². The summed E-state index contributed by atoms with van der Waals surface area (Å²) in [4.78, 5) is 15.6. The van der Waals surface area contributed by atoms with Crippen molar-refractivity contribution in [2.75, 3.05) is 0 Å². The summed E-state index contributed by atoms with van der Waals surface area (Å²) in [5, 5.41) is 5.78. The van der Waals surface area contributed by atoms with Gasteiger partial charge in [0.1, 0.15) is 11.3 Å². The summed E-state index contributed by atoms with van der Waals surface area (Å²) in [6, 6.07) is 57.1. The number of benzene rings is 7. The van der Waals surface area contributed by atoms with E-state index in [0.29, 0.717) is 17.5 Å². The zero-order valence-electron chi connectivity index (χ0n) is 27.7. The fourth-order valence-electron chi connectivity index (χ4n) is 7.75. The average molecular weight is 654 g/mol. The molecule has 0 radical (unpaired) electrons. The minimum absolute atomic E-state index is 0.126. The Bertz CT molecular complexity index is 2770. The highest BCUT2D eigenvalue weighted by Crippen LogP contribution is 2.48. The summed E-state index contributed by atoms with van der Waals surface area (Å²) in [7, 11) is 0. The first-order valence-corrected chi connectivity index (χ1v) is 17.4. The van der Waals surface area contributed by atoms with Gasteiger partial charge in [-0.05, 0) is 56.8 Å². The third kappa shape index (κ3) is 4.95. The monoisotopic (exact) mass is 653 g/mol. The smallest absolute Gasteiger partial charge is 0.167 e. The first-order chi connectivity index (χ1) is 25.3. The lowest BCUT2D eigenvalue weighted by Crippen LogP contribution is -2.10. The molecule has 4 nitrogen and oxygen atoms in total. The van der Waals surface area contributed by atoms with Crippen molar-refractivity contribution in [3.05, 3.63) is 193 Å². The van der Waals surface area contributed by atoms with Gasteiger partial charge in [0.25, 0.3) is 0 Å². The molecule has 0 bridgehead atoms. The van der Waals surface area contributed by atoms with Crippen LogP contribution in [0.1, 0.15) is 35.1 Å². The Morgan fingerprint density at radius 3 is 1.82 bits per heavy atom. The van der Waals surface area contributed by atoms with Crippen molar-refractivity contribution >= 4 is 38.1 Å². The van der Waals surface area contributed by atoms with Crippen LogP contribution in [0, 0.1) is 0 Å². The summed E-state index contributed by atoms with van der Waals surface area (Å²) >= 11 is 0. The molecule has 1 aliphatic rings. The Balaban J connectivity index is 1.22. The highest BCUT2D eigenvalue weighted by molar-refractivity contribution is 6.10. The number of rotatable bonds is 5. The summed E-state index contributed by atoms with van der Waals surface area (Å²) < 4.78 is 6.87. The zero-order chi connectivity index (χ0) is 33.7. The molecule has 9 aromatic rings. The van der Waals surface area contributed by atoms with Crippen molar-refractivity contribution < 1.29 is 4.42 Å². The Morgan fingerprint density at radius 2 is 1.06 bits per heavy atom. The van der Waals surface area contributed by atoms with Gasteiger partial charge in [0, 0.05) is 28.0 Å². The predicted molar refractivity (Wildman–Crippen MR) is 207 cm³/mol. The van der Waals surface area contributed by atoms with Crippen molar-refractivity contribution in [1.82, 2.24) is 15.0 Å². The van der Waals surface area contributed by atoms with Crippen LogP contribution in [0.3, 0.4) is 0 Å². The van der Waals surface area contributed by atoms with E-state index in [1.165, 1.54) is 33.0 Å². The van der Waals surface area contributed by atoms with Gasteiger partial charge in [-0.3, -0.25) is 0 Å². The summed E-state index contributed by atoms with van der Waals surface area (Å²) in [6.07, 6.45) is 3.05. The van der Waals surface area contributed by atoms with E-state index in [9.17, 15) is 0 Å². The lowest BCUT2D eigenvalue weighted by molar-refractivity contribution is 0.584. The van der Waals surface area contributed by atoms with Crippen LogP contribution >= 0.6 is 0 Å². The predicted octanol–water partition coefficient (Wildman–Crippen LogP) is 11.9. The maximum atomic E-state index is 6.87. The van der Waals surface area contributed by atoms with Crippen molar-refractivity contribution in [2.24, 2.45) is 0 Å². The van der Waals surface area contributed by atoms with Crippen molar-refractivity contribution in [3.8, 4) is 33.9 Å². The summed E-state index contributed by atoms with van der Waals surface area (Å²) in [5.41, 5.74) is 8.45. The molecule has 0 N–H and O–H groups in total. The van der Waals surface area contributed by atoms with E-state index in [-0.39, 0.29) is 5.92 Å². The molecule has 0 spiro atoms. The fraction of sp³-hybridized carbons (Fsp3) is 0.0426. The van der Waals surface area contributed by atoms with Gasteiger partial charge in [0.15, 0.2) is 17.5 Å². The third-order valence-electron chi connectivity index (χ3n) is 10.1. The summed E-state index contributed by atoms with van der Waals surface area (Å²) in [5.74, 6) is 2.80.